The van der Waals surface area contributed by atoms with Gasteiger partial charge in [0.1, 0.15) is 5.82 Å². The van der Waals surface area contributed by atoms with Gasteiger partial charge in [-0.2, -0.15) is 0 Å². The summed E-state index contributed by atoms with van der Waals surface area (Å²) in [6.07, 6.45) is 3.79. The predicted octanol–water partition coefficient (Wildman–Crippen LogP) is 3.37. The van der Waals surface area contributed by atoms with Crippen molar-refractivity contribution in [1.82, 2.24) is 9.97 Å². The first-order valence-electron chi connectivity index (χ1n) is 5.35. The number of rotatable bonds is 2. The lowest BCUT2D eigenvalue weighted by atomic mass is 10.2. The Labute approximate surface area is 95.5 Å². The van der Waals surface area contributed by atoms with Crippen molar-refractivity contribution in [3.8, 4) is 11.4 Å². The number of hydrogen-bond donors (Lipinski definition) is 1. The van der Waals surface area contributed by atoms with E-state index in [4.69, 9.17) is 0 Å². The first-order chi connectivity index (χ1) is 8.16. The minimum Gasteiger partial charge on any atom is -0.342 e. The lowest BCUT2D eigenvalue weighted by molar-refractivity contribution is 0.448. The van der Waals surface area contributed by atoms with Crippen LogP contribution in [0.2, 0.25) is 0 Å². The van der Waals surface area contributed by atoms with Gasteiger partial charge in [-0.25, -0.2) is 18.2 Å². The van der Waals surface area contributed by atoms with Crippen molar-refractivity contribution in [3.63, 3.8) is 0 Å². The lowest BCUT2D eigenvalue weighted by Crippen LogP contribution is -1.95. The number of nitrogens with one attached hydrogen (secondary N) is 1. The Kier molecular flexibility index (Phi) is 2.21. The van der Waals surface area contributed by atoms with Crippen LogP contribution in [0, 0.1) is 17.5 Å². The van der Waals surface area contributed by atoms with E-state index >= 15 is 0 Å². The molecular formula is C12H9F3N2. The molecule has 88 valence electrons. The summed E-state index contributed by atoms with van der Waals surface area (Å²) in [6.45, 7) is 0. The summed E-state index contributed by atoms with van der Waals surface area (Å²) >= 11 is 0. The highest BCUT2D eigenvalue weighted by Crippen LogP contribution is 2.39. The molecule has 3 rings (SSSR count). The minimum atomic E-state index is -1.47. The molecule has 1 aliphatic carbocycles. The van der Waals surface area contributed by atoms with Crippen molar-refractivity contribution in [2.75, 3.05) is 0 Å². The molecule has 2 aromatic rings. The van der Waals surface area contributed by atoms with Crippen LogP contribution in [0.3, 0.4) is 0 Å². The van der Waals surface area contributed by atoms with Crippen molar-refractivity contribution in [1.29, 1.82) is 0 Å². The van der Waals surface area contributed by atoms with Crippen LogP contribution in [0.1, 0.15) is 24.5 Å². The number of hydrogen-bond acceptors (Lipinski definition) is 1. The number of H-pyrrole nitrogens is 1. The molecule has 1 fully saturated rings. The van der Waals surface area contributed by atoms with Gasteiger partial charge in [-0.15, -0.1) is 0 Å². The fraction of sp³-hybridized carbons (Fsp3) is 0.250. The van der Waals surface area contributed by atoms with Gasteiger partial charge < -0.3 is 4.98 Å². The monoisotopic (exact) mass is 238 g/mol. The van der Waals surface area contributed by atoms with Gasteiger partial charge in [0.2, 0.25) is 0 Å². The van der Waals surface area contributed by atoms with E-state index in [1.807, 2.05) is 0 Å². The van der Waals surface area contributed by atoms with Crippen LogP contribution in [0.4, 0.5) is 13.2 Å². The Morgan fingerprint density at radius 2 is 1.88 bits per heavy atom. The molecule has 0 amide bonds. The van der Waals surface area contributed by atoms with E-state index in [0.717, 1.165) is 24.6 Å². The fourth-order valence-corrected chi connectivity index (χ4v) is 1.78. The minimum absolute atomic E-state index is 0.0456. The van der Waals surface area contributed by atoms with E-state index in [9.17, 15) is 13.2 Å². The zero-order valence-electron chi connectivity index (χ0n) is 8.80. The summed E-state index contributed by atoms with van der Waals surface area (Å²) in [6, 6.07) is 2.08. The smallest absolute Gasteiger partial charge is 0.195 e. The van der Waals surface area contributed by atoms with Gasteiger partial charge in [-0.3, -0.25) is 0 Å². The SMILES string of the molecule is Fc1ccc(-c2ncc(C3CC3)[nH]2)c(F)c1F. The van der Waals surface area contributed by atoms with Gasteiger partial charge >= 0.3 is 0 Å². The van der Waals surface area contributed by atoms with Crippen LogP contribution in [-0.4, -0.2) is 9.97 Å². The molecule has 0 aliphatic heterocycles. The number of aromatic amines is 1. The zero-order valence-corrected chi connectivity index (χ0v) is 8.80. The largest absolute Gasteiger partial charge is 0.342 e. The van der Waals surface area contributed by atoms with Gasteiger partial charge in [0.15, 0.2) is 17.5 Å². The summed E-state index contributed by atoms with van der Waals surface area (Å²) in [5.74, 6) is -3.18. The number of nitrogens with zero attached hydrogens (tertiary/aromatic N) is 1. The molecule has 5 heteroatoms. The highest BCUT2D eigenvalue weighted by atomic mass is 19.2. The summed E-state index contributed by atoms with van der Waals surface area (Å²) < 4.78 is 39.3. The molecule has 2 nitrogen and oxygen atoms in total. The van der Waals surface area contributed by atoms with Gasteiger partial charge in [0, 0.05) is 17.8 Å². The molecule has 1 aromatic heterocycles. The lowest BCUT2D eigenvalue weighted by Gasteiger charge is -2.01. The molecule has 1 heterocycles. The standard InChI is InChI=1S/C12H9F3N2/c13-8-4-3-7(10(14)11(8)15)12-16-5-9(17-12)6-1-2-6/h3-6H,1-2H2,(H,16,17). The van der Waals surface area contributed by atoms with E-state index in [1.54, 1.807) is 6.20 Å². The van der Waals surface area contributed by atoms with E-state index in [-0.39, 0.29) is 11.4 Å². The molecule has 1 saturated carbocycles. The molecule has 0 atom stereocenters. The maximum atomic E-state index is 13.5. The van der Waals surface area contributed by atoms with Gasteiger partial charge in [-0.05, 0) is 25.0 Å². The Balaban J connectivity index is 2.05. The van der Waals surface area contributed by atoms with Crippen molar-refractivity contribution in [2.45, 2.75) is 18.8 Å². The molecule has 0 saturated heterocycles. The van der Waals surface area contributed by atoms with Crippen molar-refractivity contribution >= 4 is 0 Å². The van der Waals surface area contributed by atoms with Crippen LogP contribution in [0.25, 0.3) is 11.4 Å². The zero-order chi connectivity index (χ0) is 12.0. The average Bonchev–Trinajstić information content (AvgIpc) is 3.06. The van der Waals surface area contributed by atoms with E-state index in [0.29, 0.717) is 5.92 Å². The molecule has 1 aromatic carbocycles. The molecule has 0 spiro atoms. The third-order valence-corrected chi connectivity index (χ3v) is 2.90. The molecule has 1 aliphatic rings. The van der Waals surface area contributed by atoms with Crippen LogP contribution < -0.4 is 0 Å². The van der Waals surface area contributed by atoms with Crippen molar-refractivity contribution in [2.24, 2.45) is 0 Å². The quantitative estimate of drug-likeness (QED) is 0.798. The maximum Gasteiger partial charge on any atom is 0.195 e. The second kappa shape index (κ2) is 3.61. The summed E-state index contributed by atoms with van der Waals surface area (Å²) in [5.41, 5.74) is 0.875. The molecule has 0 unspecified atom stereocenters. The number of halogens is 3. The van der Waals surface area contributed by atoms with E-state index in [2.05, 4.69) is 9.97 Å². The topological polar surface area (TPSA) is 28.7 Å². The molecular weight excluding hydrogens is 229 g/mol. The van der Waals surface area contributed by atoms with Crippen LogP contribution >= 0.6 is 0 Å². The van der Waals surface area contributed by atoms with E-state index < -0.39 is 17.5 Å². The highest BCUT2D eigenvalue weighted by Gasteiger charge is 2.26. The first kappa shape index (κ1) is 10.4. The molecule has 0 radical (unpaired) electrons. The van der Waals surface area contributed by atoms with Crippen LogP contribution in [0.15, 0.2) is 18.3 Å². The molecule has 0 bridgehead atoms. The normalized spacial score (nSPS) is 15.2. The second-order valence-electron chi connectivity index (χ2n) is 4.18. The summed E-state index contributed by atoms with van der Waals surface area (Å²) in [4.78, 5) is 6.93. The average molecular weight is 238 g/mol. The summed E-state index contributed by atoms with van der Waals surface area (Å²) in [7, 11) is 0. The number of benzene rings is 1. The van der Waals surface area contributed by atoms with Gasteiger partial charge in [0.25, 0.3) is 0 Å². The Hall–Kier alpha value is -1.78. The van der Waals surface area contributed by atoms with Crippen molar-refractivity contribution < 1.29 is 13.2 Å². The number of imidazole rings is 1. The maximum absolute atomic E-state index is 13.5. The van der Waals surface area contributed by atoms with Gasteiger partial charge in [-0.1, -0.05) is 0 Å². The third kappa shape index (κ3) is 1.71. The first-order valence-corrected chi connectivity index (χ1v) is 5.35. The predicted molar refractivity (Wildman–Crippen MR) is 55.9 cm³/mol. The van der Waals surface area contributed by atoms with Crippen LogP contribution in [0.5, 0.6) is 0 Å². The van der Waals surface area contributed by atoms with Crippen molar-refractivity contribution in [3.05, 3.63) is 41.5 Å². The molecule has 1 N–H and O–H groups in total. The third-order valence-electron chi connectivity index (χ3n) is 2.90. The summed E-state index contributed by atoms with van der Waals surface area (Å²) in [5, 5.41) is 0. The van der Waals surface area contributed by atoms with E-state index in [1.165, 1.54) is 6.07 Å². The molecule has 17 heavy (non-hydrogen) atoms. The van der Waals surface area contributed by atoms with Gasteiger partial charge in [0.05, 0.1) is 5.56 Å². The Bertz CT molecular complexity index is 573. The fourth-order valence-electron chi connectivity index (χ4n) is 1.78. The Morgan fingerprint density at radius 1 is 1.12 bits per heavy atom. The second-order valence-corrected chi connectivity index (χ2v) is 4.18. The number of aromatic nitrogens is 2. The highest BCUT2D eigenvalue weighted by molar-refractivity contribution is 5.56. The van der Waals surface area contributed by atoms with Crippen LogP contribution in [-0.2, 0) is 0 Å². The Morgan fingerprint density at radius 3 is 2.59 bits per heavy atom.